The van der Waals surface area contributed by atoms with E-state index >= 15 is 0 Å². The topological polar surface area (TPSA) is 417 Å². The molecule has 6 amide bonds. The van der Waals surface area contributed by atoms with Crippen LogP contribution in [0.25, 0.3) is 0 Å². The van der Waals surface area contributed by atoms with E-state index in [1.54, 1.807) is 6.26 Å². The molecule has 0 bridgehead atoms. The quantitative estimate of drug-likeness (QED) is 0.0179. The number of nitrogens with two attached hydrogens (primary N) is 5. The van der Waals surface area contributed by atoms with Gasteiger partial charge in [-0.05, 0) is 69.9 Å². The van der Waals surface area contributed by atoms with Crippen LogP contribution >= 0.6 is 11.8 Å². The number of thioether (sulfide) groups is 1. The fourth-order valence-electron chi connectivity index (χ4n) is 4.90. The maximum atomic E-state index is 13.7. The number of hydrogen-bond acceptors (Lipinski definition) is 13. The second kappa shape index (κ2) is 28.2. The molecular formula is C32H57N11O12S. The number of rotatable bonds is 31. The number of hydrogen-bond donors (Lipinski definition) is 13. The predicted molar refractivity (Wildman–Crippen MR) is 203 cm³/mol. The number of guanidine groups is 1. The lowest BCUT2D eigenvalue weighted by molar-refractivity contribution is -0.144. The van der Waals surface area contributed by atoms with Gasteiger partial charge in [-0.25, -0.2) is 4.79 Å². The summed E-state index contributed by atoms with van der Waals surface area (Å²) in [6, 6.07) is -8.46. The molecule has 0 spiro atoms. The predicted octanol–water partition coefficient (Wildman–Crippen LogP) is -4.25. The molecule has 0 rings (SSSR count). The van der Waals surface area contributed by atoms with E-state index in [1.807, 2.05) is 0 Å². The third kappa shape index (κ3) is 22.9. The van der Waals surface area contributed by atoms with Crippen LogP contribution in [0.15, 0.2) is 4.99 Å². The van der Waals surface area contributed by atoms with Crippen LogP contribution in [0.2, 0.25) is 0 Å². The van der Waals surface area contributed by atoms with Gasteiger partial charge in [-0.2, -0.15) is 11.8 Å². The van der Waals surface area contributed by atoms with Gasteiger partial charge in [0.2, 0.25) is 35.4 Å². The van der Waals surface area contributed by atoms with E-state index in [2.05, 4.69) is 31.6 Å². The Balaban J connectivity index is 6.33. The number of carbonyl (C=O) groups excluding carboxylic acids is 6. The van der Waals surface area contributed by atoms with Crippen molar-refractivity contribution in [1.82, 2.24) is 26.6 Å². The zero-order valence-electron chi connectivity index (χ0n) is 31.3. The van der Waals surface area contributed by atoms with Crippen molar-refractivity contribution in [3.63, 3.8) is 0 Å². The van der Waals surface area contributed by atoms with Gasteiger partial charge >= 0.3 is 17.9 Å². The number of primary amides is 1. The largest absolute Gasteiger partial charge is 0.481 e. The molecule has 18 N–H and O–H groups in total. The third-order valence-electron chi connectivity index (χ3n) is 7.98. The van der Waals surface area contributed by atoms with Crippen LogP contribution in [0.5, 0.6) is 0 Å². The summed E-state index contributed by atoms with van der Waals surface area (Å²) in [6.45, 7) is 0.482. The van der Waals surface area contributed by atoms with E-state index in [9.17, 15) is 53.4 Å². The molecule has 6 atom stereocenters. The Morgan fingerprint density at radius 3 is 1.43 bits per heavy atom. The summed E-state index contributed by atoms with van der Waals surface area (Å²) in [5.41, 5.74) is 27.6. The summed E-state index contributed by atoms with van der Waals surface area (Å²) < 4.78 is 0. The Kier molecular flexibility index (Phi) is 25.6. The third-order valence-corrected chi connectivity index (χ3v) is 8.63. The van der Waals surface area contributed by atoms with Gasteiger partial charge in [0.15, 0.2) is 5.96 Å². The molecule has 56 heavy (non-hydrogen) atoms. The number of amides is 6. The summed E-state index contributed by atoms with van der Waals surface area (Å²) in [7, 11) is 0. The Morgan fingerprint density at radius 1 is 0.571 bits per heavy atom. The van der Waals surface area contributed by atoms with E-state index in [0.717, 1.165) is 0 Å². The van der Waals surface area contributed by atoms with E-state index < -0.39 is 122 Å². The van der Waals surface area contributed by atoms with Crippen molar-refractivity contribution in [2.75, 3.05) is 25.1 Å². The molecule has 0 unspecified atom stereocenters. The van der Waals surface area contributed by atoms with E-state index in [4.69, 9.17) is 33.8 Å². The maximum Gasteiger partial charge on any atom is 0.326 e. The number of nitrogens with one attached hydrogen (secondary N) is 5. The fourth-order valence-corrected chi connectivity index (χ4v) is 5.37. The van der Waals surface area contributed by atoms with E-state index in [1.165, 1.54) is 11.8 Å². The number of carbonyl (C=O) groups is 9. The SMILES string of the molecule is CSCC[C@@H](NC(=O)[C@H](CCC(N)=O)NC(=O)[C@H](CCCN=C(N)N)NC(=O)[C@@H](N)CCCCN)C(=O)N[C@@H](CCC(=O)O)C(=O)N[C@@H](CCC(=O)O)C(=O)O. The Labute approximate surface area is 327 Å². The summed E-state index contributed by atoms with van der Waals surface area (Å²) in [5.74, 6) is -9.58. The lowest BCUT2D eigenvalue weighted by Crippen LogP contribution is -2.59. The molecular weight excluding hydrogens is 762 g/mol. The van der Waals surface area contributed by atoms with E-state index in [0.29, 0.717) is 19.4 Å². The summed E-state index contributed by atoms with van der Waals surface area (Å²) in [6.07, 6.45) is 0.278. The van der Waals surface area contributed by atoms with Crippen LogP contribution in [0.1, 0.15) is 77.0 Å². The Bertz CT molecular complexity index is 1380. The van der Waals surface area contributed by atoms with Crippen LogP contribution in [-0.2, 0) is 43.2 Å². The molecule has 0 aliphatic carbocycles. The van der Waals surface area contributed by atoms with Crippen molar-refractivity contribution in [3.05, 3.63) is 0 Å². The van der Waals surface area contributed by atoms with Gasteiger partial charge < -0.3 is 70.6 Å². The van der Waals surface area contributed by atoms with Gasteiger partial charge in [-0.1, -0.05) is 6.42 Å². The molecule has 24 heteroatoms. The minimum Gasteiger partial charge on any atom is -0.481 e. The van der Waals surface area contributed by atoms with Crippen molar-refractivity contribution in [1.29, 1.82) is 0 Å². The normalized spacial score (nSPS) is 14.0. The van der Waals surface area contributed by atoms with Crippen LogP contribution < -0.4 is 55.3 Å². The molecule has 0 aromatic heterocycles. The zero-order valence-corrected chi connectivity index (χ0v) is 32.1. The molecule has 0 fully saturated rings. The average Bonchev–Trinajstić information content (AvgIpc) is 3.11. The zero-order chi connectivity index (χ0) is 42.8. The fraction of sp³-hybridized carbons (Fsp3) is 0.688. The van der Waals surface area contributed by atoms with Crippen LogP contribution in [-0.4, -0.2) is 136 Å². The van der Waals surface area contributed by atoms with Crippen LogP contribution in [0.4, 0.5) is 0 Å². The van der Waals surface area contributed by atoms with E-state index in [-0.39, 0.29) is 50.4 Å². The summed E-state index contributed by atoms with van der Waals surface area (Å²) in [4.78, 5) is 116. The van der Waals surface area contributed by atoms with Crippen molar-refractivity contribution < 1.29 is 58.5 Å². The Hall–Kier alpha value is -5.23. The number of nitrogens with zero attached hydrogens (tertiary/aromatic N) is 1. The standard InChI is InChI=1S/C32H57N11O12S/c1-56-16-13-21(30(53)41-20(8-11-24(45)46)29(52)43-22(31(54)55)9-12-25(47)48)42-28(51)19(7-10-23(35)44)40-27(50)18(6-4-15-38-32(36)37)39-26(49)17(34)5-2-3-14-33/h17-22H,2-16,33-34H2,1H3,(H2,35,44)(H,39,49)(H,40,50)(H,41,53)(H,42,51)(H,43,52)(H,45,46)(H,47,48)(H,54,55)(H4,36,37,38)/t17-,18-,19-,20-,21+,22-/m0/s1. The molecule has 0 saturated heterocycles. The first kappa shape index (κ1) is 50.8. The average molecular weight is 820 g/mol. The highest BCUT2D eigenvalue weighted by atomic mass is 32.2. The first-order valence-corrected chi connectivity index (χ1v) is 19.2. The highest BCUT2D eigenvalue weighted by molar-refractivity contribution is 7.98. The number of aliphatic imine (C=N–C) groups is 1. The molecule has 0 aromatic rings. The van der Waals surface area contributed by atoms with Gasteiger partial charge in [-0.15, -0.1) is 0 Å². The first-order chi connectivity index (χ1) is 26.3. The Morgan fingerprint density at radius 2 is 1.00 bits per heavy atom. The summed E-state index contributed by atoms with van der Waals surface area (Å²) >= 11 is 1.28. The minimum atomic E-state index is -1.68. The molecule has 318 valence electrons. The lowest BCUT2D eigenvalue weighted by atomic mass is 10.0. The maximum absolute atomic E-state index is 13.7. The molecule has 0 saturated carbocycles. The second-order valence-corrected chi connectivity index (χ2v) is 13.6. The monoisotopic (exact) mass is 819 g/mol. The number of aliphatic carboxylic acids is 3. The molecule has 0 aliphatic heterocycles. The van der Waals surface area contributed by atoms with Gasteiger partial charge in [0.05, 0.1) is 6.04 Å². The second-order valence-electron chi connectivity index (χ2n) is 12.6. The van der Waals surface area contributed by atoms with Crippen molar-refractivity contribution in [2.45, 2.75) is 113 Å². The van der Waals surface area contributed by atoms with Crippen LogP contribution in [0.3, 0.4) is 0 Å². The van der Waals surface area contributed by atoms with Gasteiger partial charge in [0, 0.05) is 25.8 Å². The molecule has 0 aromatic carbocycles. The first-order valence-electron chi connectivity index (χ1n) is 17.8. The number of unbranched alkanes of at least 4 members (excludes halogenated alkanes) is 1. The van der Waals surface area contributed by atoms with Crippen molar-refractivity contribution in [3.8, 4) is 0 Å². The molecule has 23 nitrogen and oxygen atoms in total. The molecule has 0 heterocycles. The minimum absolute atomic E-state index is 0.00831. The van der Waals surface area contributed by atoms with Crippen LogP contribution in [0, 0.1) is 0 Å². The van der Waals surface area contributed by atoms with Crippen molar-refractivity contribution in [2.24, 2.45) is 33.7 Å². The van der Waals surface area contributed by atoms with Gasteiger partial charge in [0.1, 0.15) is 30.2 Å². The molecule has 0 aliphatic rings. The van der Waals surface area contributed by atoms with Crippen molar-refractivity contribution >= 4 is 71.1 Å². The number of carboxylic acid groups (broad SMARTS) is 3. The lowest BCUT2D eigenvalue weighted by Gasteiger charge is -2.27. The number of carboxylic acids is 3. The van der Waals surface area contributed by atoms with Gasteiger partial charge in [-0.3, -0.25) is 43.3 Å². The highest BCUT2D eigenvalue weighted by Crippen LogP contribution is 2.09. The summed E-state index contributed by atoms with van der Waals surface area (Å²) in [5, 5.41) is 39.6. The highest BCUT2D eigenvalue weighted by Gasteiger charge is 2.33. The smallest absolute Gasteiger partial charge is 0.326 e. The molecule has 0 radical (unpaired) electrons. The van der Waals surface area contributed by atoms with Gasteiger partial charge in [0.25, 0.3) is 0 Å².